The molecule has 55 heavy (non-hydrogen) atoms. The average Bonchev–Trinajstić information content (AvgIpc) is 3.95. The van der Waals surface area contributed by atoms with Crippen LogP contribution in [0.5, 0.6) is 0 Å². The average molecular weight is 738 g/mol. The van der Waals surface area contributed by atoms with Gasteiger partial charge in [0.2, 0.25) is 0 Å². The van der Waals surface area contributed by atoms with Crippen LogP contribution in [0.2, 0.25) is 0 Å². The second kappa shape index (κ2) is 11.9. The number of nitrogens with zero attached hydrogens (tertiary/aromatic N) is 3. The molecular weight excluding hydrogens is 711 g/mol. The van der Waals surface area contributed by atoms with E-state index in [9.17, 15) is 0 Å². The molecule has 4 heterocycles. The molecule has 0 bridgehead atoms. The standard InChI is InChI=1S/C49H27N3OS2/c1-3-14-29(15-4-1)47-50-48(30-16-5-2-6-17-30)52-49(51-47)37-25-31(26-41-43(37)42-32-18-8-7-13-28(32)23-24-40(42)54-41)35-27-36-33-19-9-11-21-38(33)53-45(36)44-34-20-10-12-22-39(34)55-46(35)44/h1-27H. The number of rotatable bonds is 4. The monoisotopic (exact) mass is 737 g/mol. The quantitative estimate of drug-likeness (QED) is 0.180. The first-order valence-electron chi connectivity index (χ1n) is 18.3. The summed E-state index contributed by atoms with van der Waals surface area (Å²) in [6, 6.07) is 57.7. The minimum Gasteiger partial charge on any atom is -0.455 e. The van der Waals surface area contributed by atoms with E-state index in [1.165, 1.54) is 45.9 Å². The topological polar surface area (TPSA) is 51.8 Å². The Kier molecular flexibility index (Phi) is 6.64. The van der Waals surface area contributed by atoms with E-state index in [-0.39, 0.29) is 0 Å². The van der Waals surface area contributed by atoms with Gasteiger partial charge in [0.15, 0.2) is 17.5 Å². The van der Waals surface area contributed by atoms with Crippen LogP contribution in [0.1, 0.15) is 0 Å². The Balaban J connectivity index is 1.24. The summed E-state index contributed by atoms with van der Waals surface area (Å²) in [6.45, 7) is 0. The van der Waals surface area contributed by atoms with Gasteiger partial charge in [0.25, 0.3) is 0 Å². The Morgan fingerprint density at radius 3 is 1.82 bits per heavy atom. The van der Waals surface area contributed by atoms with Gasteiger partial charge in [0, 0.05) is 73.4 Å². The third-order valence-corrected chi connectivity index (χ3v) is 13.0. The zero-order valence-electron chi connectivity index (χ0n) is 29.2. The lowest BCUT2D eigenvalue weighted by atomic mass is 9.94. The normalized spacial score (nSPS) is 12.0. The van der Waals surface area contributed by atoms with Gasteiger partial charge < -0.3 is 4.42 Å². The molecule has 0 spiro atoms. The van der Waals surface area contributed by atoms with Crippen molar-refractivity contribution in [2.75, 3.05) is 0 Å². The smallest absolute Gasteiger partial charge is 0.164 e. The van der Waals surface area contributed by atoms with Crippen molar-refractivity contribution in [3.63, 3.8) is 0 Å². The molecule has 256 valence electrons. The van der Waals surface area contributed by atoms with Gasteiger partial charge in [-0.2, -0.15) is 0 Å². The molecule has 0 fully saturated rings. The highest BCUT2D eigenvalue weighted by Crippen LogP contribution is 2.50. The highest BCUT2D eigenvalue weighted by Gasteiger charge is 2.23. The van der Waals surface area contributed by atoms with Crippen LogP contribution in [-0.2, 0) is 0 Å². The lowest BCUT2D eigenvalue weighted by Crippen LogP contribution is -2.00. The number of para-hydroxylation sites is 1. The van der Waals surface area contributed by atoms with Crippen LogP contribution in [0.25, 0.3) is 118 Å². The molecule has 12 rings (SSSR count). The molecule has 0 radical (unpaired) electrons. The summed E-state index contributed by atoms with van der Waals surface area (Å²) >= 11 is 3.65. The number of hydrogen-bond donors (Lipinski definition) is 0. The van der Waals surface area contributed by atoms with Crippen molar-refractivity contribution < 1.29 is 4.42 Å². The van der Waals surface area contributed by atoms with E-state index in [1.54, 1.807) is 0 Å². The number of fused-ring (bicyclic) bond motifs is 12. The van der Waals surface area contributed by atoms with Crippen molar-refractivity contribution >= 4 is 95.7 Å². The van der Waals surface area contributed by atoms with Crippen molar-refractivity contribution in [2.24, 2.45) is 0 Å². The van der Waals surface area contributed by atoms with E-state index < -0.39 is 0 Å². The van der Waals surface area contributed by atoms with Crippen molar-refractivity contribution in [2.45, 2.75) is 0 Å². The molecular formula is C49H27N3OS2. The van der Waals surface area contributed by atoms with E-state index in [1.807, 2.05) is 65.1 Å². The zero-order valence-corrected chi connectivity index (χ0v) is 30.8. The molecule has 0 aliphatic carbocycles. The summed E-state index contributed by atoms with van der Waals surface area (Å²) in [5.74, 6) is 1.94. The predicted octanol–water partition coefficient (Wildman–Crippen LogP) is 14.3. The van der Waals surface area contributed by atoms with Gasteiger partial charge in [0.1, 0.15) is 11.2 Å². The van der Waals surface area contributed by atoms with Crippen LogP contribution in [0.15, 0.2) is 168 Å². The van der Waals surface area contributed by atoms with Crippen LogP contribution in [-0.4, -0.2) is 15.0 Å². The fraction of sp³-hybridized carbons (Fsp3) is 0. The Morgan fingerprint density at radius 2 is 1.04 bits per heavy atom. The van der Waals surface area contributed by atoms with Crippen LogP contribution < -0.4 is 0 Å². The van der Waals surface area contributed by atoms with Gasteiger partial charge in [-0.3, -0.25) is 0 Å². The first-order chi connectivity index (χ1) is 27.2. The molecule has 0 atom stereocenters. The summed E-state index contributed by atoms with van der Waals surface area (Å²) in [5.41, 5.74) is 6.99. The summed E-state index contributed by atoms with van der Waals surface area (Å²) in [6.07, 6.45) is 0. The number of aromatic nitrogens is 3. The van der Waals surface area contributed by atoms with Gasteiger partial charge >= 0.3 is 0 Å². The van der Waals surface area contributed by atoms with Crippen LogP contribution in [0.3, 0.4) is 0 Å². The molecule has 12 aromatic rings. The minimum absolute atomic E-state index is 0.644. The van der Waals surface area contributed by atoms with E-state index in [0.29, 0.717) is 17.5 Å². The highest BCUT2D eigenvalue weighted by atomic mass is 32.1. The summed E-state index contributed by atoms with van der Waals surface area (Å²) < 4.78 is 11.5. The largest absolute Gasteiger partial charge is 0.455 e. The minimum atomic E-state index is 0.644. The Bertz CT molecular complexity index is 3430. The molecule has 0 aliphatic rings. The molecule has 0 saturated carbocycles. The Labute approximate surface area is 322 Å². The molecule has 6 heteroatoms. The molecule has 0 aliphatic heterocycles. The van der Waals surface area contributed by atoms with Gasteiger partial charge in [-0.15, -0.1) is 22.7 Å². The molecule has 0 N–H and O–H groups in total. The summed E-state index contributed by atoms with van der Waals surface area (Å²) in [4.78, 5) is 15.7. The van der Waals surface area contributed by atoms with Gasteiger partial charge in [-0.1, -0.05) is 127 Å². The van der Waals surface area contributed by atoms with Crippen molar-refractivity contribution in [1.29, 1.82) is 0 Å². The molecule has 8 aromatic carbocycles. The van der Waals surface area contributed by atoms with Crippen LogP contribution in [0.4, 0.5) is 0 Å². The predicted molar refractivity (Wildman–Crippen MR) is 232 cm³/mol. The van der Waals surface area contributed by atoms with E-state index in [2.05, 4.69) is 121 Å². The maximum absolute atomic E-state index is 6.66. The second-order valence-corrected chi connectivity index (χ2v) is 16.0. The van der Waals surface area contributed by atoms with Crippen LogP contribution >= 0.6 is 22.7 Å². The Morgan fingerprint density at radius 1 is 0.382 bits per heavy atom. The maximum atomic E-state index is 6.66. The first kappa shape index (κ1) is 30.7. The zero-order chi connectivity index (χ0) is 36.0. The molecule has 0 unspecified atom stereocenters. The molecule has 4 nitrogen and oxygen atoms in total. The third kappa shape index (κ3) is 4.72. The summed E-state index contributed by atoms with van der Waals surface area (Å²) in [7, 11) is 0. The maximum Gasteiger partial charge on any atom is 0.164 e. The molecule has 0 amide bonds. The highest BCUT2D eigenvalue weighted by molar-refractivity contribution is 7.27. The van der Waals surface area contributed by atoms with E-state index >= 15 is 0 Å². The fourth-order valence-corrected chi connectivity index (χ4v) is 10.6. The number of thiophene rings is 2. The SMILES string of the molecule is c1ccc(-c2nc(-c3ccccc3)nc(-c3cc(-c4cc5c6ccccc6oc5c5c4sc4ccccc45)cc4sc5ccc6ccccc6c5c34)n2)cc1. The third-order valence-electron chi connectivity index (χ3n) is 10.7. The number of benzene rings is 8. The van der Waals surface area contributed by atoms with Gasteiger partial charge in [-0.25, -0.2) is 15.0 Å². The van der Waals surface area contributed by atoms with Crippen LogP contribution in [0, 0.1) is 0 Å². The second-order valence-electron chi connectivity index (χ2n) is 13.9. The Hall–Kier alpha value is -6.73. The lowest BCUT2D eigenvalue weighted by molar-refractivity contribution is 0.673. The van der Waals surface area contributed by atoms with Gasteiger partial charge in [-0.05, 0) is 52.7 Å². The summed E-state index contributed by atoms with van der Waals surface area (Å²) in [5, 5.41) is 9.41. The van der Waals surface area contributed by atoms with Crippen molar-refractivity contribution in [3.8, 4) is 45.3 Å². The van der Waals surface area contributed by atoms with Crippen molar-refractivity contribution in [3.05, 3.63) is 164 Å². The lowest BCUT2D eigenvalue weighted by Gasteiger charge is -2.13. The number of furan rings is 1. The van der Waals surface area contributed by atoms with E-state index in [0.717, 1.165) is 55.0 Å². The number of hydrogen-bond acceptors (Lipinski definition) is 6. The van der Waals surface area contributed by atoms with E-state index in [4.69, 9.17) is 19.4 Å². The molecule has 0 saturated heterocycles. The van der Waals surface area contributed by atoms with Crippen molar-refractivity contribution in [1.82, 2.24) is 15.0 Å². The molecule has 4 aromatic heterocycles. The van der Waals surface area contributed by atoms with Gasteiger partial charge in [0.05, 0.1) is 0 Å². The first-order valence-corrected chi connectivity index (χ1v) is 19.9. The fourth-order valence-electron chi connectivity index (χ4n) is 8.21.